The maximum absolute atomic E-state index is 12.1. The smallest absolute Gasteiger partial charge is 0.274 e. The number of halogens is 1. The lowest BCUT2D eigenvalue weighted by Gasteiger charge is -2.13. The number of carbonyl (C=O) groups is 1. The van der Waals surface area contributed by atoms with E-state index in [9.17, 15) is 4.79 Å². The van der Waals surface area contributed by atoms with Gasteiger partial charge >= 0.3 is 0 Å². The minimum absolute atomic E-state index is 0.244. The summed E-state index contributed by atoms with van der Waals surface area (Å²) in [7, 11) is 1.62. The van der Waals surface area contributed by atoms with Crippen molar-refractivity contribution in [1.29, 1.82) is 0 Å². The third-order valence-corrected chi connectivity index (χ3v) is 3.48. The van der Waals surface area contributed by atoms with Gasteiger partial charge in [-0.05, 0) is 53.5 Å². The van der Waals surface area contributed by atoms with Crippen molar-refractivity contribution in [2.45, 2.75) is 13.8 Å². The molecule has 1 heterocycles. The van der Waals surface area contributed by atoms with Crippen molar-refractivity contribution < 1.29 is 9.53 Å². The van der Waals surface area contributed by atoms with E-state index in [4.69, 9.17) is 4.74 Å². The number of rotatable bonds is 3. The molecule has 4 nitrogen and oxygen atoms in total. The highest BCUT2D eigenvalue weighted by Gasteiger charge is 2.12. The van der Waals surface area contributed by atoms with Crippen molar-refractivity contribution in [3.63, 3.8) is 0 Å². The molecular weight excluding hydrogens is 320 g/mol. The van der Waals surface area contributed by atoms with Gasteiger partial charge in [-0.15, -0.1) is 0 Å². The van der Waals surface area contributed by atoms with Crippen LogP contribution in [0.3, 0.4) is 0 Å². The molecule has 0 saturated heterocycles. The van der Waals surface area contributed by atoms with E-state index in [0.29, 0.717) is 5.69 Å². The minimum atomic E-state index is -0.244. The molecule has 0 spiro atoms. The average Bonchev–Trinajstić information content (AvgIpc) is 2.43. The minimum Gasteiger partial charge on any atom is -0.496 e. The highest BCUT2D eigenvalue weighted by atomic mass is 79.9. The van der Waals surface area contributed by atoms with Crippen molar-refractivity contribution in [2.24, 2.45) is 0 Å². The summed E-state index contributed by atoms with van der Waals surface area (Å²) in [5.74, 6) is 0.540. The first kappa shape index (κ1) is 14.5. The number of nitrogens with zero attached hydrogens (tertiary/aromatic N) is 1. The van der Waals surface area contributed by atoms with Crippen LogP contribution in [0.1, 0.15) is 21.6 Å². The maximum Gasteiger partial charge on any atom is 0.274 e. The second-order valence-electron chi connectivity index (χ2n) is 4.40. The van der Waals surface area contributed by atoms with Gasteiger partial charge in [-0.25, -0.2) is 4.98 Å². The van der Waals surface area contributed by atoms with E-state index in [0.717, 1.165) is 27.0 Å². The largest absolute Gasteiger partial charge is 0.496 e. The van der Waals surface area contributed by atoms with E-state index in [1.165, 1.54) is 0 Å². The van der Waals surface area contributed by atoms with Gasteiger partial charge in [0.25, 0.3) is 5.91 Å². The molecule has 2 aromatic rings. The molecule has 0 fully saturated rings. The van der Waals surface area contributed by atoms with Gasteiger partial charge < -0.3 is 10.1 Å². The molecule has 0 unspecified atom stereocenters. The third kappa shape index (κ3) is 2.99. The SMILES string of the molecule is COc1c(C)ccc(NC(=O)c2ccc(Br)cn2)c1C. The summed E-state index contributed by atoms with van der Waals surface area (Å²) in [6.45, 7) is 3.88. The molecule has 0 atom stereocenters. The third-order valence-electron chi connectivity index (χ3n) is 3.02. The molecule has 20 heavy (non-hydrogen) atoms. The van der Waals surface area contributed by atoms with Crippen molar-refractivity contribution in [1.82, 2.24) is 4.98 Å². The number of hydrogen-bond acceptors (Lipinski definition) is 3. The average molecular weight is 335 g/mol. The normalized spacial score (nSPS) is 10.2. The molecule has 0 aliphatic rings. The molecule has 0 bridgehead atoms. The number of anilines is 1. The molecule has 2 rings (SSSR count). The van der Waals surface area contributed by atoms with Crippen molar-refractivity contribution >= 4 is 27.5 Å². The number of carbonyl (C=O) groups excluding carboxylic acids is 1. The molecule has 0 saturated carbocycles. The van der Waals surface area contributed by atoms with Crippen LogP contribution in [0.5, 0.6) is 5.75 Å². The van der Waals surface area contributed by atoms with Crippen LogP contribution in [0, 0.1) is 13.8 Å². The molecule has 0 aliphatic carbocycles. The zero-order valence-electron chi connectivity index (χ0n) is 11.5. The van der Waals surface area contributed by atoms with Crippen molar-refractivity contribution in [3.05, 3.63) is 51.8 Å². The number of pyridine rings is 1. The van der Waals surface area contributed by atoms with Crippen LogP contribution in [0.25, 0.3) is 0 Å². The first-order chi connectivity index (χ1) is 9.52. The molecule has 1 aromatic heterocycles. The summed E-state index contributed by atoms with van der Waals surface area (Å²) >= 11 is 3.29. The lowest BCUT2D eigenvalue weighted by molar-refractivity contribution is 0.102. The Kier molecular flexibility index (Phi) is 4.39. The zero-order valence-corrected chi connectivity index (χ0v) is 13.1. The van der Waals surface area contributed by atoms with Crippen LogP contribution < -0.4 is 10.1 Å². The number of methoxy groups -OCH3 is 1. The Labute approximate surface area is 126 Å². The van der Waals surface area contributed by atoms with E-state index >= 15 is 0 Å². The number of aryl methyl sites for hydroxylation is 1. The van der Waals surface area contributed by atoms with Crippen LogP contribution >= 0.6 is 15.9 Å². The van der Waals surface area contributed by atoms with Gasteiger partial charge in [-0.1, -0.05) is 6.07 Å². The van der Waals surface area contributed by atoms with E-state index in [1.807, 2.05) is 26.0 Å². The highest BCUT2D eigenvalue weighted by molar-refractivity contribution is 9.10. The van der Waals surface area contributed by atoms with Crippen LogP contribution in [-0.4, -0.2) is 18.0 Å². The number of benzene rings is 1. The Balaban J connectivity index is 2.26. The van der Waals surface area contributed by atoms with Gasteiger partial charge in [0, 0.05) is 21.9 Å². The van der Waals surface area contributed by atoms with E-state index in [1.54, 1.807) is 25.4 Å². The van der Waals surface area contributed by atoms with Crippen LogP contribution in [-0.2, 0) is 0 Å². The summed E-state index contributed by atoms with van der Waals surface area (Å²) in [5, 5.41) is 2.85. The standard InChI is InChI=1S/C15H15BrN2O2/c1-9-4-6-12(10(2)14(9)20-3)18-15(19)13-7-5-11(16)8-17-13/h4-8H,1-3H3,(H,18,19). The summed E-state index contributed by atoms with van der Waals surface area (Å²) in [4.78, 5) is 16.2. The molecule has 0 aliphatic heterocycles. The Morgan fingerprint density at radius 2 is 2.00 bits per heavy atom. The van der Waals surface area contributed by atoms with Crippen molar-refractivity contribution in [3.8, 4) is 5.75 Å². The Morgan fingerprint density at radius 1 is 1.25 bits per heavy atom. The number of ether oxygens (including phenoxy) is 1. The molecule has 104 valence electrons. The quantitative estimate of drug-likeness (QED) is 0.930. The predicted molar refractivity (Wildman–Crippen MR) is 82.4 cm³/mol. The summed E-state index contributed by atoms with van der Waals surface area (Å²) in [5.41, 5.74) is 3.03. The highest BCUT2D eigenvalue weighted by Crippen LogP contribution is 2.29. The Hall–Kier alpha value is -1.88. The number of hydrogen-bond donors (Lipinski definition) is 1. The fraction of sp³-hybridized carbons (Fsp3) is 0.200. The molecule has 5 heteroatoms. The first-order valence-corrected chi connectivity index (χ1v) is 6.89. The van der Waals surface area contributed by atoms with Gasteiger partial charge in [0.05, 0.1) is 7.11 Å². The van der Waals surface area contributed by atoms with Crippen LogP contribution in [0.2, 0.25) is 0 Å². The van der Waals surface area contributed by atoms with E-state index in [2.05, 4.69) is 26.2 Å². The lowest BCUT2D eigenvalue weighted by atomic mass is 10.1. The second-order valence-corrected chi connectivity index (χ2v) is 5.32. The molecule has 1 amide bonds. The van der Waals surface area contributed by atoms with Gasteiger partial charge in [-0.2, -0.15) is 0 Å². The van der Waals surface area contributed by atoms with Gasteiger partial charge in [0.15, 0.2) is 0 Å². The van der Waals surface area contributed by atoms with Gasteiger partial charge in [0.2, 0.25) is 0 Å². The fourth-order valence-electron chi connectivity index (χ4n) is 1.97. The molecular formula is C15H15BrN2O2. The monoisotopic (exact) mass is 334 g/mol. The number of amides is 1. The lowest BCUT2D eigenvalue weighted by Crippen LogP contribution is -2.14. The second kappa shape index (κ2) is 6.05. The molecule has 1 N–H and O–H groups in total. The number of aromatic nitrogens is 1. The van der Waals surface area contributed by atoms with E-state index in [-0.39, 0.29) is 5.91 Å². The molecule has 0 radical (unpaired) electrons. The summed E-state index contributed by atoms with van der Waals surface area (Å²) in [6.07, 6.45) is 1.59. The van der Waals surface area contributed by atoms with Gasteiger partial charge in [0.1, 0.15) is 11.4 Å². The number of nitrogens with one attached hydrogen (secondary N) is 1. The summed E-state index contributed by atoms with van der Waals surface area (Å²) < 4.78 is 6.18. The first-order valence-electron chi connectivity index (χ1n) is 6.10. The predicted octanol–water partition coefficient (Wildman–Crippen LogP) is 3.72. The fourth-order valence-corrected chi connectivity index (χ4v) is 2.21. The maximum atomic E-state index is 12.1. The zero-order chi connectivity index (χ0) is 14.7. The Morgan fingerprint density at radius 3 is 2.60 bits per heavy atom. The van der Waals surface area contributed by atoms with E-state index < -0.39 is 0 Å². The Bertz CT molecular complexity index is 639. The van der Waals surface area contributed by atoms with Crippen molar-refractivity contribution in [2.75, 3.05) is 12.4 Å². The summed E-state index contributed by atoms with van der Waals surface area (Å²) in [6, 6.07) is 7.23. The van der Waals surface area contributed by atoms with Crippen LogP contribution in [0.15, 0.2) is 34.9 Å². The molecule has 1 aromatic carbocycles. The van der Waals surface area contributed by atoms with Gasteiger partial charge in [-0.3, -0.25) is 4.79 Å². The topological polar surface area (TPSA) is 51.2 Å². The van der Waals surface area contributed by atoms with Crippen LogP contribution in [0.4, 0.5) is 5.69 Å².